The minimum absolute atomic E-state index is 0.212. The van der Waals surface area contributed by atoms with Crippen molar-refractivity contribution >= 4 is 34.4 Å². The molecule has 1 N–H and O–H groups in total. The molecule has 6 heteroatoms. The lowest BCUT2D eigenvalue weighted by atomic mass is 10.1. The van der Waals surface area contributed by atoms with Crippen LogP contribution in [0.1, 0.15) is 13.8 Å². The van der Waals surface area contributed by atoms with Crippen molar-refractivity contribution < 1.29 is 9.53 Å². The summed E-state index contributed by atoms with van der Waals surface area (Å²) in [6.07, 6.45) is 0. The highest BCUT2D eigenvalue weighted by atomic mass is 35.5. The van der Waals surface area contributed by atoms with E-state index in [4.69, 9.17) is 16.3 Å². The Morgan fingerprint density at radius 3 is 2.68 bits per heavy atom. The van der Waals surface area contributed by atoms with E-state index in [9.17, 15) is 4.79 Å². The minimum Gasteiger partial charge on any atom is -0.478 e. The Kier molecular flexibility index (Phi) is 4.37. The van der Waals surface area contributed by atoms with Crippen LogP contribution in [0.2, 0.25) is 5.02 Å². The highest BCUT2D eigenvalue weighted by molar-refractivity contribution is 8.14. The van der Waals surface area contributed by atoms with Crippen LogP contribution < -0.4 is 10.1 Å². The summed E-state index contributed by atoms with van der Waals surface area (Å²) in [5.74, 6) is 1.30. The molecule has 0 spiro atoms. The van der Waals surface area contributed by atoms with Gasteiger partial charge in [-0.15, -0.1) is 0 Å². The molecular weight excluding hydrogens is 284 g/mol. The first-order chi connectivity index (χ1) is 8.97. The topological polar surface area (TPSA) is 50.7 Å². The van der Waals surface area contributed by atoms with Crippen molar-refractivity contribution in [3.05, 3.63) is 29.3 Å². The lowest BCUT2D eigenvalue weighted by Gasteiger charge is -2.25. The van der Waals surface area contributed by atoms with Crippen molar-refractivity contribution in [1.29, 1.82) is 0 Å². The zero-order valence-corrected chi connectivity index (χ0v) is 12.3. The zero-order chi connectivity index (χ0) is 13.9. The second-order valence-electron chi connectivity index (χ2n) is 4.56. The van der Waals surface area contributed by atoms with Crippen molar-refractivity contribution in [3.63, 3.8) is 0 Å². The standard InChI is InChI=1S/C13H15ClN2O2S/c1-13(2,11(17)16-12-15-7-8-19-12)18-10-5-3-9(14)4-6-10/h3-6H,7-8H2,1-2H3,(H,15,16,17). The molecule has 0 atom stereocenters. The van der Waals surface area contributed by atoms with Gasteiger partial charge in [-0.25, -0.2) is 0 Å². The molecule has 0 radical (unpaired) electrons. The lowest BCUT2D eigenvalue weighted by Crippen LogP contribution is -2.47. The molecule has 2 rings (SSSR count). The predicted octanol–water partition coefficient (Wildman–Crippen LogP) is 2.72. The average molecular weight is 299 g/mol. The van der Waals surface area contributed by atoms with Crippen molar-refractivity contribution in [2.75, 3.05) is 12.3 Å². The maximum Gasteiger partial charge on any atom is 0.269 e. The number of nitrogens with one attached hydrogen (secondary N) is 1. The summed E-state index contributed by atoms with van der Waals surface area (Å²) >= 11 is 7.35. The zero-order valence-electron chi connectivity index (χ0n) is 10.8. The Bertz CT molecular complexity index is 500. The van der Waals surface area contributed by atoms with Crippen LogP contribution in [0, 0.1) is 0 Å². The van der Waals surface area contributed by atoms with Crippen LogP contribution >= 0.6 is 23.4 Å². The number of halogens is 1. The maximum absolute atomic E-state index is 12.1. The third-order valence-electron chi connectivity index (χ3n) is 2.54. The molecule has 4 nitrogen and oxygen atoms in total. The van der Waals surface area contributed by atoms with E-state index in [2.05, 4.69) is 10.3 Å². The number of carbonyl (C=O) groups excluding carboxylic acids is 1. The summed E-state index contributed by atoms with van der Waals surface area (Å²) in [6, 6.07) is 6.92. The Hall–Kier alpha value is -1.20. The molecule has 1 aromatic carbocycles. The van der Waals surface area contributed by atoms with Crippen molar-refractivity contribution in [2.45, 2.75) is 19.4 Å². The number of nitrogens with zero attached hydrogens (tertiary/aromatic N) is 1. The maximum atomic E-state index is 12.1. The van der Waals surface area contributed by atoms with Crippen LogP contribution in [0.5, 0.6) is 5.75 Å². The molecule has 0 aromatic heterocycles. The number of aliphatic imine (C=N–C) groups is 1. The van der Waals surface area contributed by atoms with Gasteiger partial charge >= 0.3 is 0 Å². The Morgan fingerprint density at radius 2 is 2.11 bits per heavy atom. The predicted molar refractivity (Wildman–Crippen MR) is 79.1 cm³/mol. The number of amides is 1. The van der Waals surface area contributed by atoms with Crippen LogP contribution in [0.15, 0.2) is 29.3 Å². The van der Waals surface area contributed by atoms with Gasteiger partial charge in [-0.05, 0) is 38.1 Å². The second-order valence-corrected chi connectivity index (χ2v) is 6.08. The van der Waals surface area contributed by atoms with Crippen LogP contribution in [0.4, 0.5) is 0 Å². The van der Waals surface area contributed by atoms with Gasteiger partial charge in [0.1, 0.15) is 5.75 Å². The highest BCUT2D eigenvalue weighted by Crippen LogP contribution is 2.21. The molecule has 0 bridgehead atoms. The molecule has 1 amide bonds. The minimum atomic E-state index is -0.973. The molecule has 19 heavy (non-hydrogen) atoms. The van der Waals surface area contributed by atoms with Crippen LogP contribution in [0.3, 0.4) is 0 Å². The van der Waals surface area contributed by atoms with Gasteiger partial charge in [0.15, 0.2) is 10.8 Å². The van der Waals surface area contributed by atoms with Crippen molar-refractivity contribution in [2.24, 2.45) is 4.99 Å². The van der Waals surface area contributed by atoms with Crippen molar-refractivity contribution in [1.82, 2.24) is 5.32 Å². The molecule has 1 aromatic rings. The number of ether oxygens (including phenoxy) is 1. The number of thioether (sulfide) groups is 1. The van der Waals surface area contributed by atoms with Gasteiger partial charge in [-0.1, -0.05) is 23.4 Å². The van der Waals surface area contributed by atoms with Crippen LogP contribution in [-0.4, -0.2) is 29.0 Å². The fourth-order valence-electron chi connectivity index (χ4n) is 1.50. The summed E-state index contributed by atoms with van der Waals surface area (Å²) in [5.41, 5.74) is -0.973. The monoisotopic (exact) mass is 298 g/mol. The molecule has 1 heterocycles. The van der Waals surface area contributed by atoms with Gasteiger partial charge in [-0.2, -0.15) is 0 Å². The molecule has 1 aliphatic rings. The van der Waals surface area contributed by atoms with Crippen LogP contribution in [-0.2, 0) is 4.79 Å². The molecule has 0 aliphatic carbocycles. The average Bonchev–Trinajstić information content (AvgIpc) is 2.84. The van der Waals surface area contributed by atoms with E-state index in [-0.39, 0.29) is 5.91 Å². The van der Waals surface area contributed by atoms with E-state index < -0.39 is 5.60 Å². The molecule has 102 valence electrons. The number of carbonyl (C=O) groups is 1. The van der Waals surface area contributed by atoms with Gasteiger partial charge in [0.05, 0.1) is 6.54 Å². The van der Waals surface area contributed by atoms with E-state index in [1.807, 2.05) is 0 Å². The van der Waals surface area contributed by atoms with E-state index in [1.54, 1.807) is 49.9 Å². The SMILES string of the molecule is CC(C)(Oc1ccc(Cl)cc1)C(=O)NC1=NCCS1. The third kappa shape index (κ3) is 3.88. The normalized spacial score (nSPS) is 15.0. The number of benzene rings is 1. The molecule has 0 fully saturated rings. The number of rotatable bonds is 3. The third-order valence-corrected chi connectivity index (χ3v) is 3.68. The molecule has 0 saturated heterocycles. The largest absolute Gasteiger partial charge is 0.478 e. The number of hydrogen-bond donors (Lipinski definition) is 1. The molecule has 1 aliphatic heterocycles. The van der Waals surface area contributed by atoms with Gasteiger partial charge in [0.25, 0.3) is 5.91 Å². The molecule has 0 unspecified atom stereocenters. The van der Waals surface area contributed by atoms with E-state index in [0.29, 0.717) is 15.9 Å². The van der Waals surface area contributed by atoms with E-state index in [0.717, 1.165) is 12.3 Å². The second kappa shape index (κ2) is 5.84. The fourth-order valence-corrected chi connectivity index (χ4v) is 2.35. The van der Waals surface area contributed by atoms with E-state index in [1.165, 1.54) is 0 Å². The Morgan fingerprint density at radius 1 is 1.42 bits per heavy atom. The van der Waals surface area contributed by atoms with Gasteiger partial charge in [0, 0.05) is 10.8 Å². The Labute approximate surface area is 121 Å². The highest BCUT2D eigenvalue weighted by Gasteiger charge is 2.31. The quantitative estimate of drug-likeness (QED) is 0.933. The summed E-state index contributed by atoms with van der Waals surface area (Å²) in [5, 5.41) is 4.07. The van der Waals surface area contributed by atoms with Crippen LogP contribution in [0.25, 0.3) is 0 Å². The number of hydrogen-bond acceptors (Lipinski definition) is 4. The summed E-state index contributed by atoms with van der Waals surface area (Å²) < 4.78 is 5.69. The van der Waals surface area contributed by atoms with Gasteiger partial charge in [0.2, 0.25) is 0 Å². The molecular formula is C13H15ClN2O2S. The Balaban J connectivity index is 2.00. The number of amidine groups is 1. The van der Waals surface area contributed by atoms with Crippen molar-refractivity contribution in [3.8, 4) is 5.75 Å². The lowest BCUT2D eigenvalue weighted by molar-refractivity contribution is -0.132. The first kappa shape index (κ1) is 14.2. The first-order valence-electron chi connectivity index (χ1n) is 5.91. The smallest absolute Gasteiger partial charge is 0.269 e. The summed E-state index contributed by atoms with van der Waals surface area (Å²) in [4.78, 5) is 16.3. The van der Waals surface area contributed by atoms with E-state index >= 15 is 0 Å². The first-order valence-corrected chi connectivity index (χ1v) is 7.27. The van der Waals surface area contributed by atoms with Gasteiger partial charge < -0.3 is 10.1 Å². The summed E-state index contributed by atoms with van der Waals surface area (Å²) in [6.45, 7) is 4.19. The fraction of sp³-hybridized carbons (Fsp3) is 0.385. The summed E-state index contributed by atoms with van der Waals surface area (Å²) in [7, 11) is 0. The van der Waals surface area contributed by atoms with Gasteiger partial charge in [-0.3, -0.25) is 9.79 Å². The molecule has 0 saturated carbocycles.